The molecule has 0 aromatic carbocycles. The molecule has 11 nitrogen and oxygen atoms in total. The highest BCUT2D eigenvalue weighted by Crippen LogP contribution is 2.24. The van der Waals surface area contributed by atoms with Gasteiger partial charge in [-0.2, -0.15) is 0 Å². The van der Waals surface area contributed by atoms with Crippen molar-refractivity contribution in [1.82, 2.24) is 10.2 Å². The van der Waals surface area contributed by atoms with Gasteiger partial charge in [-0.3, -0.25) is 28.9 Å². The molecule has 1 saturated heterocycles. The SMILES string of the molecule is C[C@H](N)C(=O)N[C@@H](CC(=O)O)C(=O)[C@H]1CC(=O)N([C@@H](C)C(=O)O)C1=O. The highest BCUT2D eigenvalue weighted by Gasteiger charge is 2.48. The zero-order chi connectivity index (χ0) is 19.5. The molecule has 1 aliphatic heterocycles. The summed E-state index contributed by atoms with van der Waals surface area (Å²) >= 11 is 0. The Morgan fingerprint density at radius 1 is 1.24 bits per heavy atom. The van der Waals surface area contributed by atoms with E-state index < -0.39 is 72.3 Å². The van der Waals surface area contributed by atoms with Crippen LogP contribution >= 0.6 is 0 Å². The van der Waals surface area contributed by atoms with Gasteiger partial charge in [0.2, 0.25) is 17.7 Å². The number of nitrogens with zero attached hydrogens (tertiary/aromatic N) is 1. The van der Waals surface area contributed by atoms with Gasteiger partial charge in [-0.15, -0.1) is 0 Å². The minimum absolute atomic E-state index is 0.454. The number of carbonyl (C=O) groups is 6. The normalized spacial score (nSPS) is 20.8. The second kappa shape index (κ2) is 7.83. The summed E-state index contributed by atoms with van der Waals surface area (Å²) in [5.41, 5.74) is 5.35. The van der Waals surface area contributed by atoms with Gasteiger partial charge in [0, 0.05) is 6.42 Å². The maximum Gasteiger partial charge on any atom is 0.326 e. The molecule has 0 bridgehead atoms. The molecule has 1 fully saturated rings. The lowest BCUT2D eigenvalue weighted by Gasteiger charge is -2.21. The Labute approximate surface area is 142 Å². The van der Waals surface area contributed by atoms with Gasteiger partial charge in [0.1, 0.15) is 12.0 Å². The van der Waals surface area contributed by atoms with Crippen molar-refractivity contribution in [3.05, 3.63) is 0 Å². The van der Waals surface area contributed by atoms with Crippen LogP contribution in [0.5, 0.6) is 0 Å². The molecule has 0 aliphatic carbocycles. The predicted octanol–water partition coefficient (Wildman–Crippen LogP) is -2.29. The van der Waals surface area contributed by atoms with E-state index in [0.717, 1.165) is 6.92 Å². The summed E-state index contributed by atoms with van der Waals surface area (Å²) in [7, 11) is 0. The van der Waals surface area contributed by atoms with Crippen LogP contribution in [0.1, 0.15) is 26.7 Å². The van der Waals surface area contributed by atoms with Gasteiger partial charge in [0.25, 0.3) is 0 Å². The molecule has 25 heavy (non-hydrogen) atoms. The van der Waals surface area contributed by atoms with Crippen molar-refractivity contribution in [3.8, 4) is 0 Å². The number of hydrogen-bond donors (Lipinski definition) is 4. The van der Waals surface area contributed by atoms with E-state index in [1.807, 2.05) is 0 Å². The number of aliphatic carboxylic acids is 2. The Balaban J connectivity index is 3.02. The Morgan fingerprint density at radius 3 is 2.24 bits per heavy atom. The quantitative estimate of drug-likeness (QED) is 0.274. The van der Waals surface area contributed by atoms with Crippen molar-refractivity contribution in [2.45, 2.75) is 44.8 Å². The summed E-state index contributed by atoms with van der Waals surface area (Å²) in [4.78, 5) is 70.6. The largest absolute Gasteiger partial charge is 0.481 e. The standard InChI is InChI=1S/C14H19N3O8/c1-5(15)12(22)16-8(4-10(19)20)11(21)7-3-9(18)17(13(7)23)6(2)14(24)25/h5-8H,3-4,15H2,1-2H3,(H,16,22)(H,19,20)(H,24,25)/t5-,6-,7+,8-/m0/s1. The Morgan fingerprint density at radius 2 is 1.80 bits per heavy atom. The second-order valence-corrected chi connectivity index (χ2v) is 5.72. The summed E-state index contributed by atoms with van der Waals surface area (Å²) < 4.78 is 0. The summed E-state index contributed by atoms with van der Waals surface area (Å²) in [6.07, 6.45) is -1.39. The molecule has 1 aliphatic rings. The number of carbonyl (C=O) groups excluding carboxylic acids is 4. The van der Waals surface area contributed by atoms with E-state index in [1.54, 1.807) is 0 Å². The van der Waals surface area contributed by atoms with Crippen LogP contribution in [0.15, 0.2) is 0 Å². The van der Waals surface area contributed by atoms with E-state index in [4.69, 9.17) is 15.9 Å². The number of ketones is 1. The minimum atomic E-state index is -1.56. The zero-order valence-electron chi connectivity index (χ0n) is 13.6. The summed E-state index contributed by atoms with van der Waals surface area (Å²) in [5.74, 6) is -8.05. The predicted molar refractivity (Wildman–Crippen MR) is 79.9 cm³/mol. The van der Waals surface area contributed by atoms with Crippen LogP contribution in [0.2, 0.25) is 0 Å². The van der Waals surface area contributed by atoms with E-state index in [1.165, 1.54) is 6.92 Å². The van der Waals surface area contributed by atoms with E-state index in [9.17, 15) is 28.8 Å². The maximum absolute atomic E-state index is 12.5. The third-order valence-electron chi connectivity index (χ3n) is 3.72. The smallest absolute Gasteiger partial charge is 0.326 e. The van der Waals surface area contributed by atoms with Crippen molar-refractivity contribution in [1.29, 1.82) is 0 Å². The lowest BCUT2D eigenvalue weighted by atomic mass is 9.94. The monoisotopic (exact) mass is 357 g/mol. The second-order valence-electron chi connectivity index (χ2n) is 5.72. The first-order valence-electron chi connectivity index (χ1n) is 7.37. The number of rotatable bonds is 8. The van der Waals surface area contributed by atoms with Gasteiger partial charge < -0.3 is 21.3 Å². The van der Waals surface area contributed by atoms with E-state index >= 15 is 0 Å². The first-order valence-corrected chi connectivity index (χ1v) is 7.37. The molecule has 0 saturated carbocycles. The molecule has 1 heterocycles. The minimum Gasteiger partial charge on any atom is -0.481 e. The number of nitrogens with two attached hydrogens (primary N) is 1. The number of carboxylic acids is 2. The number of nitrogens with one attached hydrogen (secondary N) is 1. The molecule has 11 heteroatoms. The van der Waals surface area contributed by atoms with Crippen molar-refractivity contribution >= 4 is 35.4 Å². The van der Waals surface area contributed by atoms with Crippen LogP contribution in [0, 0.1) is 5.92 Å². The van der Waals surface area contributed by atoms with Gasteiger partial charge in [0.05, 0.1) is 18.5 Å². The fraction of sp³-hybridized carbons (Fsp3) is 0.571. The number of likely N-dealkylation sites (tertiary alicyclic amines) is 1. The van der Waals surface area contributed by atoms with Crippen LogP contribution in [-0.4, -0.2) is 68.7 Å². The molecule has 0 aromatic heterocycles. The van der Waals surface area contributed by atoms with Gasteiger partial charge in [-0.1, -0.05) is 0 Å². The van der Waals surface area contributed by atoms with Crippen LogP contribution in [0.3, 0.4) is 0 Å². The van der Waals surface area contributed by atoms with Gasteiger partial charge in [0.15, 0.2) is 5.78 Å². The van der Waals surface area contributed by atoms with Crippen LogP contribution < -0.4 is 11.1 Å². The van der Waals surface area contributed by atoms with Gasteiger partial charge in [-0.05, 0) is 13.8 Å². The third kappa shape index (κ3) is 4.59. The highest BCUT2D eigenvalue weighted by atomic mass is 16.4. The van der Waals surface area contributed by atoms with Crippen molar-refractivity contribution in [2.75, 3.05) is 0 Å². The van der Waals surface area contributed by atoms with E-state index in [0.29, 0.717) is 4.90 Å². The molecular weight excluding hydrogens is 338 g/mol. The summed E-state index contributed by atoms with van der Waals surface area (Å²) in [5, 5.41) is 19.9. The number of hydrogen-bond acceptors (Lipinski definition) is 7. The van der Waals surface area contributed by atoms with E-state index in [2.05, 4.69) is 5.32 Å². The lowest BCUT2D eigenvalue weighted by Crippen LogP contribution is -2.51. The Hall–Kier alpha value is -2.82. The van der Waals surface area contributed by atoms with Crippen molar-refractivity contribution in [3.63, 3.8) is 0 Å². The topological polar surface area (TPSA) is 184 Å². The molecule has 1 rings (SSSR count). The van der Waals surface area contributed by atoms with E-state index in [-0.39, 0.29) is 0 Å². The molecule has 0 spiro atoms. The molecule has 0 aromatic rings. The summed E-state index contributed by atoms with van der Waals surface area (Å²) in [6, 6.07) is -4.04. The zero-order valence-corrected chi connectivity index (χ0v) is 13.6. The van der Waals surface area contributed by atoms with Crippen LogP contribution in [-0.2, 0) is 28.8 Å². The average Bonchev–Trinajstić information content (AvgIpc) is 2.79. The fourth-order valence-corrected chi connectivity index (χ4v) is 2.33. The van der Waals surface area contributed by atoms with Gasteiger partial charge >= 0.3 is 11.9 Å². The van der Waals surface area contributed by atoms with Crippen molar-refractivity contribution < 1.29 is 39.0 Å². The molecule has 138 valence electrons. The lowest BCUT2D eigenvalue weighted by molar-refractivity contribution is -0.154. The first-order chi connectivity index (χ1) is 11.5. The first kappa shape index (κ1) is 20.2. The van der Waals surface area contributed by atoms with Crippen LogP contribution in [0.4, 0.5) is 0 Å². The maximum atomic E-state index is 12.5. The average molecular weight is 357 g/mol. The molecular formula is C14H19N3O8. The molecule has 0 radical (unpaired) electrons. The Bertz CT molecular complexity index is 630. The number of amides is 3. The number of carboxylic acid groups (broad SMARTS) is 2. The third-order valence-corrected chi connectivity index (χ3v) is 3.72. The van der Waals surface area contributed by atoms with Crippen molar-refractivity contribution in [2.24, 2.45) is 11.7 Å². The van der Waals surface area contributed by atoms with Gasteiger partial charge in [-0.25, -0.2) is 4.79 Å². The van der Waals surface area contributed by atoms with Crippen LogP contribution in [0.25, 0.3) is 0 Å². The highest BCUT2D eigenvalue weighted by molar-refractivity contribution is 6.17. The Kier molecular flexibility index (Phi) is 6.34. The molecule has 5 N–H and O–H groups in total. The number of Topliss-reactive ketones (excluding diaryl/α,β-unsaturated/α-hetero) is 1. The number of imide groups is 1. The molecule has 3 amide bonds. The molecule has 4 atom stereocenters. The summed E-state index contributed by atoms with van der Waals surface area (Å²) in [6.45, 7) is 2.43. The molecule has 0 unspecified atom stereocenters. The fourth-order valence-electron chi connectivity index (χ4n) is 2.33.